The van der Waals surface area contributed by atoms with Gasteiger partial charge < -0.3 is 30.0 Å². The van der Waals surface area contributed by atoms with E-state index in [1.54, 1.807) is 4.90 Å². The lowest BCUT2D eigenvalue weighted by atomic mass is 9.98. The highest BCUT2D eigenvalue weighted by Gasteiger charge is 2.67. The number of likely N-dealkylation sites (tertiary alicyclic amines) is 2. The quantitative estimate of drug-likeness (QED) is 0.108. The van der Waals surface area contributed by atoms with E-state index in [2.05, 4.69) is 88.1 Å². The summed E-state index contributed by atoms with van der Waals surface area (Å²) >= 11 is 0. The van der Waals surface area contributed by atoms with Gasteiger partial charge in [-0.1, -0.05) is 92.7 Å². The number of carbonyl (C=O) groups is 3. The Labute approximate surface area is 342 Å². The minimum atomic E-state index is -0.889. The molecule has 4 fully saturated rings. The first-order chi connectivity index (χ1) is 28.6. The Morgan fingerprint density at radius 3 is 2.12 bits per heavy atom. The number of imidazole rings is 2. The van der Waals surface area contributed by atoms with E-state index in [0.29, 0.717) is 17.7 Å². The number of hydrogen-bond donors (Lipinski definition) is 4. The summed E-state index contributed by atoms with van der Waals surface area (Å²) in [5.74, 6) is 2.05. The summed E-state index contributed by atoms with van der Waals surface area (Å²) in [5, 5.41) is 15.3. The number of hydrogen-bond acceptors (Lipinski definition) is 6. The van der Waals surface area contributed by atoms with E-state index in [1.165, 1.54) is 7.11 Å². The van der Waals surface area contributed by atoms with Gasteiger partial charge in [-0.05, 0) is 95.0 Å². The molecule has 2 saturated heterocycles. The third kappa shape index (κ3) is 6.51. The number of H-pyrrole nitrogens is 2. The maximum atomic E-state index is 13.8. The average molecular weight is 790 g/mol. The predicted molar refractivity (Wildman–Crippen MR) is 223 cm³/mol. The van der Waals surface area contributed by atoms with Crippen LogP contribution in [0.5, 0.6) is 0 Å². The van der Waals surface area contributed by atoms with Crippen molar-refractivity contribution in [3.05, 3.63) is 121 Å². The number of alkyl carbamates (subject to hydrolysis) is 1. The summed E-state index contributed by atoms with van der Waals surface area (Å²) in [6, 6.07) is 30.4. The van der Waals surface area contributed by atoms with Crippen molar-refractivity contribution in [2.24, 2.45) is 17.8 Å². The summed E-state index contributed by atoms with van der Waals surface area (Å²) in [6.45, 7) is 3.85. The Morgan fingerprint density at radius 2 is 1.44 bits per heavy atom. The molecule has 0 spiro atoms. The van der Waals surface area contributed by atoms with Crippen LogP contribution in [-0.4, -0.2) is 77.7 Å². The fraction of sp³-hybridized carbons (Fsp3) is 0.340. The number of aromatic nitrogens is 4. The summed E-state index contributed by atoms with van der Waals surface area (Å²) in [7, 11) is 1.31. The van der Waals surface area contributed by atoms with Crippen LogP contribution >= 0.6 is 0 Å². The highest BCUT2D eigenvalue weighted by molar-refractivity contribution is 5.91. The van der Waals surface area contributed by atoms with Crippen LogP contribution in [0.25, 0.3) is 44.4 Å². The summed E-state index contributed by atoms with van der Waals surface area (Å²) in [6.07, 6.45) is 6.38. The number of aromatic amines is 2. The van der Waals surface area contributed by atoms with Gasteiger partial charge in [-0.3, -0.25) is 9.69 Å². The van der Waals surface area contributed by atoms with Crippen LogP contribution < -0.4 is 5.32 Å². The van der Waals surface area contributed by atoms with Gasteiger partial charge in [0.05, 0.1) is 48.5 Å². The molecule has 2 aliphatic carbocycles. The number of piperidine rings is 2. The van der Waals surface area contributed by atoms with Crippen LogP contribution in [-0.2, 0) is 16.0 Å². The molecule has 0 radical (unpaired) electrons. The molecule has 10 rings (SSSR count). The lowest BCUT2D eigenvalue weighted by Crippen LogP contribution is -2.52. The number of benzene rings is 4. The van der Waals surface area contributed by atoms with Crippen LogP contribution in [0.1, 0.15) is 68.8 Å². The third-order valence-electron chi connectivity index (χ3n) is 13.3. The van der Waals surface area contributed by atoms with Gasteiger partial charge in [0.15, 0.2) is 0 Å². The van der Waals surface area contributed by atoms with Gasteiger partial charge in [-0.15, -0.1) is 0 Å². The molecule has 12 heteroatoms. The van der Waals surface area contributed by atoms with Crippen molar-refractivity contribution in [1.82, 2.24) is 35.1 Å². The average Bonchev–Trinajstić information content (AvgIpc) is 3.76. The molecule has 12 nitrogen and oxygen atoms in total. The van der Waals surface area contributed by atoms with Gasteiger partial charge in [0, 0.05) is 11.6 Å². The second-order valence-electron chi connectivity index (χ2n) is 17.2. The smallest absolute Gasteiger partial charge is 0.408 e. The van der Waals surface area contributed by atoms with Gasteiger partial charge in [-0.2, -0.15) is 0 Å². The van der Waals surface area contributed by atoms with E-state index >= 15 is 0 Å². The van der Waals surface area contributed by atoms with Crippen LogP contribution in [0, 0.1) is 17.8 Å². The Bertz CT molecular complexity index is 2580. The van der Waals surface area contributed by atoms with Crippen molar-refractivity contribution in [1.29, 1.82) is 0 Å². The zero-order chi connectivity index (χ0) is 40.6. The fourth-order valence-electron chi connectivity index (χ4n) is 10.1. The largest absolute Gasteiger partial charge is 0.465 e. The zero-order valence-electron chi connectivity index (χ0n) is 33.3. The number of fused-ring (bicyclic) bond motifs is 3. The topological polar surface area (TPSA) is 157 Å². The molecule has 4 heterocycles. The SMILES string of the molecule is COC(=O)NC(C(=O)N1[C@@H]2C[C@@H]2C[C@H]1c1ncc(-c2ccc3cc(-c4ccc(-c5cnc(C6C[C@@H]7C[C@]7(Cc7ccccc7)N6C(=O)O)[nH]5)cc4)ccc3c2)[nH]1)C(C)C. The van der Waals surface area contributed by atoms with E-state index in [4.69, 9.17) is 14.7 Å². The van der Waals surface area contributed by atoms with E-state index in [1.807, 2.05) is 49.3 Å². The lowest BCUT2D eigenvalue weighted by Gasteiger charge is -2.31. The highest BCUT2D eigenvalue weighted by atomic mass is 16.5. The minimum Gasteiger partial charge on any atom is -0.465 e. The van der Waals surface area contributed by atoms with Crippen molar-refractivity contribution in [3.63, 3.8) is 0 Å². The monoisotopic (exact) mass is 789 g/mol. The second-order valence-corrected chi connectivity index (χ2v) is 17.2. The van der Waals surface area contributed by atoms with Gasteiger partial charge in [0.25, 0.3) is 0 Å². The molecule has 0 bridgehead atoms. The molecule has 59 heavy (non-hydrogen) atoms. The first kappa shape index (κ1) is 36.9. The fourth-order valence-corrected chi connectivity index (χ4v) is 10.1. The third-order valence-corrected chi connectivity index (χ3v) is 13.3. The van der Waals surface area contributed by atoms with Crippen molar-refractivity contribution >= 4 is 28.9 Å². The molecule has 2 aromatic heterocycles. The first-order valence-corrected chi connectivity index (χ1v) is 20.6. The molecule has 2 aliphatic heterocycles. The number of carbonyl (C=O) groups excluding carboxylic acids is 2. The maximum absolute atomic E-state index is 13.8. The van der Waals surface area contributed by atoms with Gasteiger partial charge >= 0.3 is 12.2 Å². The Balaban J connectivity index is 0.827. The number of methoxy groups -OCH3 is 1. The van der Waals surface area contributed by atoms with E-state index < -0.39 is 18.2 Å². The molecule has 3 amide bonds. The lowest BCUT2D eigenvalue weighted by molar-refractivity contribution is -0.136. The summed E-state index contributed by atoms with van der Waals surface area (Å²) in [5.41, 5.74) is 6.73. The van der Waals surface area contributed by atoms with Gasteiger partial charge in [0.1, 0.15) is 17.7 Å². The molecule has 4 N–H and O–H groups in total. The number of nitrogens with zero attached hydrogens (tertiary/aromatic N) is 4. The molecule has 7 atom stereocenters. The highest BCUT2D eigenvalue weighted by Crippen LogP contribution is 2.63. The van der Waals surface area contributed by atoms with Crippen molar-refractivity contribution in [2.45, 2.75) is 75.7 Å². The molecule has 6 aromatic rings. The first-order valence-electron chi connectivity index (χ1n) is 20.6. The van der Waals surface area contributed by atoms with E-state index in [9.17, 15) is 19.5 Å². The summed E-state index contributed by atoms with van der Waals surface area (Å²) < 4.78 is 4.81. The van der Waals surface area contributed by atoms with Crippen molar-refractivity contribution in [2.75, 3.05) is 7.11 Å². The van der Waals surface area contributed by atoms with Gasteiger partial charge in [0.2, 0.25) is 5.91 Å². The number of nitrogens with one attached hydrogen (secondary N) is 3. The second kappa shape index (κ2) is 14.1. The normalized spacial score (nSPS) is 24.5. The molecular formula is C47H47N7O5. The Hall–Kier alpha value is -6.43. The molecule has 4 aromatic carbocycles. The maximum Gasteiger partial charge on any atom is 0.408 e. The number of carboxylic acid groups (broad SMARTS) is 1. The molecule has 300 valence electrons. The standard InChI is InChI=1S/C47H47N7O5/c1-26(2)41(52-45(56)59-3)44(55)53-38-19-34(38)20-39(53)42-48-25-37(51-42)33-16-15-31-17-30(13-14-32(31)18-33)28-9-11-29(12-10-28)36-24-49-43(50-36)40-21-35-23-47(35,54(40)46(57)58)22-27-7-5-4-6-8-27/h4-18,24-26,34-35,38-41H,19-23H2,1-3H3,(H,48,51)(H,49,50)(H,52,56)(H,57,58)/t34-,35-,38-,39+,40?,41?,47+/m1/s1. The Kier molecular flexibility index (Phi) is 8.84. The predicted octanol–water partition coefficient (Wildman–Crippen LogP) is 8.76. The minimum absolute atomic E-state index is 0.0952. The van der Waals surface area contributed by atoms with Crippen molar-refractivity contribution in [3.8, 4) is 33.6 Å². The number of rotatable bonds is 10. The van der Waals surface area contributed by atoms with Crippen LogP contribution in [0.3, 0.4) is 0 Å². The number of amides is 3. The van der Waals surface area contributed by atoms with Crippen LogP contribution in [0.2, 0.25) is 0 Å². The molecule has 2 unspecified atom stereocenters. The van der Waals surface area contributed by atoms with Gasteiger partial charge in [-0.25, -0.2) is 19.6 Å². The van der Waals surface area contributed by atoms with Crippen LogP contribution in [0.15, 0.2) is 103 Å². The number of ether oxygens (including phenoxy) is 1. The zero-order valence-corrected chi connectivity index (χ0v) is 33.3. The van der Waals surface area contributed by atoms with Crippen LogP contribution in [0.4, 0.5) is 9.59 Å². The molecular weight excluding hydrogens is 743 g/mol. The molecule has 2 saturated carbocycles. The molecule has 4 aliphatic rings. The Morgan fingerprint density at radius 1 is 0.814 bits per heavy atom. The van der Waals surface area contributed by atoms with Crippen molar-refractivity contribution < 1.29 is 24.2 Å². The summed E-state index contributed by atoms with van der Waals surface area (Å²) in [4.78, 5) is 58.6. The van der Waals surface area contributed by atoms with E-state index in [0.717, 1.165) is 87.9 Å². The van der Waals surface area contributed by atoms with E-state index in [-0.39, 0.29) is 35.5 Å².